The molecule has 110 valence electrons. The number of methoxy groups -OCH3 is 1. The van der Waals surface area contributed by atoms with Gasteiger partial charge in [0.05, 0.1) is 12.5 Å². The molecule has 1 aromatic rings. The van der Waals surface area contributed by atoms with Crippen molar-refractivity contribution in [3.8, 4) is 5.75 Å². The lowest BCUT2D eigenvalue weighted by molar-refractivity contribution is -0.120. The van der Waals surface area contributed by atoms with Crippen LogP contribution in [-0.2, 0) is 14.3 Å². The molecule has 0 saturated heterocycles. The molecule has 20 heavy (non-hydrogen) atoms. The number of carbonyl (C=O) groups is 2. The maximum Gasteiger partial charge on any atom is 0.255 e. The van der Waals surface area contributed by atoms with E-state index >= 15 is 0 Å². The van der Waals surface area contributed by atoms with E-state index in [0.717, 1.165) is 0 Å². The third-order valence-electron chi connectivity index (χ3n) is 2.53. The van der Waals surface area contributed by atoms with Crippen LogP contribution in [0.15, 0.2) is 24.3 Å². The molecule has 1 atom stereocenters. The Morgan fingerprint density at radius 1 is 1.30 bits per heavy atom. The summed E-state index contributed by atoms with van der Waals surface area (Å²) in [4.78, 5) is 22.3. The number of hydrogen-bond donors (Lipinski definition) is 3. The van der Waals surface area contributed by atoms with E-state index in [1.807, 2.05) is 0 Å². The van der Waals surface area contributed by atoms with Crippen LogP contribution in [0.4, 0.5) is 5.69 Å². The minimum atomic E-state index is -0.547. The second-order valence-corrected chi connectivity index (χ2v) is 4.13. The van der Waals surface area contributed by atoms with Crippen LogP contribution in [0.5, 0.6) is 5.75 Å². The van der Waals surface area contributed by atoms with Crippen LogP contribution < -0.4 is 21.5 Å². The van der Waals surface area contributed by atoms with Gasteiger partial charge in [-0.2, -0.15) is 0 Å². The Balaban J connectivity index is 2.48. The van der Waals surface area contributed by atoms with Gasteiger partial charge in [0.2, 0.25) is 5.91 Å². The number of nitrogens with one attached hydrogen (secondary N) is 1. The molecule has 0 aliphatic rings. The molecule has 7 nitrogen and oxygen atoms in total. The number of hydrogen-bond acceptors (Lipinski definition) is 5. The van der Waals surface area contributed by atoms with E-state index in [1.165, 1.54) is 7.11 Å². The van der Waals surface area contributed by atoms with Crippen LogP contribution in [0, 0.1) is 0 Å². The molecule has 5 N–H and O–H groups in total. The number of benzene rings is 1. The molecule has 0 aromatic heterocycles. The smallest absolute Gasteiger partial charge is 0.255 e. The largest absolute Gasteiger partial charge is 0.484 e. The van der Waals surface area contributed by atoms with Gasteiger partial charge in [-0.05, 0) is 24.3 Å². The Morgan fingerprint density at radius 3 is 2.45 bits per heavy atom. The van der Waals surface area contributed by atoms with E-state index in [-0.39, 0.29) is 31.6 Å². The number of primary amides is 1. The molecular weight excluding hydrogens is 262 g/mol. The molecule has 0 fully saturated rings. The maximum atomic E-state index is 11.7. The highest BCUT2D eigenvalue weighted by atomic mass is 16.5. The summed E-state index contributed by atoms with van der Waals surface area (Å²) in [5, 5.41) is 2.71. The summed E-state index contributed by atoms with van der Waals surface area (Å²) >= 11 is 0. The van der Waals surface area contributed by atoms with Crippen molar-refractivity contribution in [2.45, 2.75) is 12.5 Å². The molecule has 0 spiro atoms. The SMILES string of the molecule is COC(CN)CC(=O)Nc1ccc(OCC(N)=O)cc1. The quantitative estimate of drug-likeness (QED) is 0.613. The van der Waals surface area contributed by atoms with Gasteiger partial charge in [-0.15, -0.1) is 0 Å². The third-order valence-corrected chi connectivity index (χ3v) is 2.53. The van der Waals surface area contributed by atoms with Crippen molar-refractivity contribution < 1.29 is 19.1 Å². The number of carbonyl (C=O) groups excluding carboxylic acids is 2. The Kier molecular flexibility index (Phi) is 6.48. The summed E-state index contributed by atoms with van der Waals surface area (Å²) in [7, 11) is 1.51. The van der Waals surface area contributed by atoms with Gasteiger partial charge < -0.3 is 26.3 Å². The number of amides is 2. The number of anilines is 1. The first-order chi connectivity index (χ1) is 9.55. The fourth-order valence-corrected chi connectivity index (χ4v) is 1.47. The Hall–Kier alpha value is -2.12. The van der Waals surface area contributed by atoms with Crippen molar-refractivity contribution in [3.05, 3.63) is 24.3 Å². The van der Waals surface area contributed by atoms with Gasteiger partial charge in [0.15, 0.2) is 6.61 Å². The highest BCUT2D eigenvalue weighted by Gasteiger charge is 2.11. The molecule has 0 radical (unpaired) electrons. The van der Waals surface area contributed by atoms with Crippen LogP contribution in [0.25, 0.3) is 0 Å². The van der Waals surface area contributed by atoms with Crippen molar-refractivity contribution in [3.63, 3.8) is 0 Å². The van der Waals surface area contributed by atoms with E-state index in [1.54, 1.807) is 24.3 Å². The van der Waals surface area contributed by atoms with Gasteiger partial charge in [-0.3, -0.25) is 9.59 Å². The standard InChI is InChI=1S/C13H19N3O4/c1-19-11(7-14)6-13(18)16-9-2-4-10(5-3-9)20-8-12(15)17/h2-5,11H,6-8,14H2,1H3,(H2,15,17)(H,16,18). The van der Waals surface area contributed by atoms with Crippen molar-refractivity contribution in [2.75, 3.05) is 25.6 Å². The topological polar surface area (TPSA) is 117 Å². The second-order valence-electron chi connectivity index (χ2n) is 4.13. The van der Waals surface area contributed by atoms with Crippen LogP contribution in [0.1, 0.15) is 6.42 Å². The van der Waals surface area contributed by atoms with Gasteiger partial charge in [-0.25, -0.2) is 0 Å². The number of ether oxygens (including phenoxy) is 2. The first-order valence-electron chi connectivity index (χ1n) is 6.09. The average Bonchev–Trinajstić information content (AvgIpc) is 2.44. The fraction of sp³-hybridized carbons (Fsp3) is 0.385. The average molecular weight is 281 g/mol. The highest BCUT2D eigenvalue weighted by molar-refractivity contribution is 5.91. The molecule has 0 aliphatic heterocycles. The van der Waals surface area contributed by atoms with E-state index in [4.69, 9.17) is 20.9 Å². The number of rotatable bonds is 8. The Bertz CT molecular complexity index is 443. The summed E-state index contributed by atoms with van der Waals surface area (Å²) < 4.78 is 10.1. The van der Waals surface area contributed by atoms with Crippen molar-refractivity contribution in [1.29, 1.82) is 0 Å². The molecular formula is C13H19N3O4. The summed E-state index contributed by atoms with van der Waals surface area (Å²) in [6.45, 7) is 0.0987. The zero-order chi connectivity index (χ0) is 15.0. The van der Waals surface area contributed by atoms with Crippen molar-refractivity contribution in [2.24, 2.45) is 11.5 Å². The first-order valence-corrected chi connectivity index (χ1v) is 6.09. The van der Waals surface area contributed by atoms with Crippen LogP contribution in [0.2, 0.25) is 0 Å². The van der Waals surface area contributed by atoms with Crippen molar-refractivity contribution in [1.82, 2.24) is 0 Å². The molecule has 1 unspecified atom stereocenters. The second kappa shape index (κ2) is 8.13. The lowest BCUT2D eigenvalue weighted by atomic mass is 10.2. The Morgan fingerprint density at radius 2 is 1.95 bits per heavy atom. The molecule has 2 amide bonds. The van der Waals surface area contributed by atoms with Gasteiger partial charge in [-0.1, -0.05) is 0 Å². The van der Waals surface area contributed by atoms with E-state index in [9.17, 15) is 9.59 Å². The predicted molar refractivity (Wildman–Crippen MR) is 74.2 cm³/mol. The summed E-state index contributed by atoms with van der Waals surface area (Å²) in [6.07, 6.45) is -0.111. The molecule has 1 rings (SSSR count). The summed E-state index contributed by atoms with van der Waals surface area (Å²) in [6, 6.07) is 6.60. The van der Waals surface area contributed by atoms with Gasteiger partial charge in [0, 0.05) is 19.3 Å². The summed E-state index contributed by atoms with van der Waals surface area (Å²) in [5.41, 5.74) is 11.0. The van der Waals surface area contributed by atoms with Gasteiger partial charge in [0.1, 0.15) is 5.75 Å². The van der Waals surface area contributed by atoms with Crippen LogP contribution in [-0.4, -0.2) is 38.2 Å². The minimum absolute atomic E-state index is 0.183. The highest BCUT2D eigenvalue weighted by Crippen LogP contribution is 2.16. The normalized spacial score (nSPS) is 11.7. The minimum Gasteiger partial charge on any atom is -0.484 e. The van der Waals surface area contributed by atoms with Gasteiger partial charge >= 0.3 is 0 Å². The monoisotopic (exact) mass is 281 g/mol. The zero-order valence-electron chi connectivity index (χ0n) is 11.3. The lowest BCUT2D eigenvalue weighted by Gasteiger charge is -2.12. The van der Waals surface area contributed by atoms with Crippen molar-refractivity contribution >= 4 is 17.5 Å². The molecule has 0 aliphatic carbocycles. The zero-order valence-corrected chi connectivity index (χ0v) is 11.3. The Labute approximate surface area is 117 Å². The van der Waals surface area contributed by atoms with E-state index < -0.39 is 5.91 Å². The fourth-order valence-electron chi connectivity index (χ4n) is 1.47. The summed E-state index contributed by atoms with van der Waals surface area (Å²) in [5.74, 6) is -0.235. The molecule has 0 heterocycles. The maximum absolute atomic E-state index is 11.7. The molecule has 7 heteroatoms. The van der Waals surface area contributed by atoms with Crippen LogP contribution in [0.3, 0.4) is 0 Å². The van der Waals surface area contributed by atoms with Gasteiger partial charge in [0.25, 0.3) is 5.91 Å². The number of nitrogens with two attached hydrogens (primary N) is 2. The molecule has 0 saturated carbocycles. The first kappa shape index (κ1) is 15.9. The van der Waals surface area contributed by atoms with Crippen LogP contribution >= 0.6 is 0 Å². The lowest BCUT2D eigenvalue weighted by Crippen LogP contribution is -2.28. The van der Waals surface area contributed by atoms with E-state index in [2.05, 4.69) is 5.32 Å². The predicted octanol–water partition coefficient (Wildman–Crippen LogP) is -0.147. The van der Waals surface area contributed by atoms with E-state index in [0.29, 0.717) is 11.4 Å². The molecule has 1 aromatic carbocycles. The molecule has 0 bridgehead atoms. The third kappa shape index (κ3) is 5.68.